The highest BCUT2D eigenvalue weighted by Gasteiger charge is 2.16. The first-order valence-corrected chi connectivity index (χ1v) is 7.56. The highest BCUT2D eigenvalue weighted by atomic mass is 79.9. The summed E-state index contributed by atoms with van der Waals surface area (Å²) in [6.07, 6.45) is 0. The molecular formula is C18H15BrFN. The molecule has 1 atom stereocenters. The van der Waals surface area contributed by atoms with Gasteiger partial charge in [0.2, 0.25) is 0 Å². The Bertz CT molecular complexity index is 813. The predicted octanol–water partition coefficient (Wildman–Crippen LogP) is 5.10. The maximum absolute atomic E-state index is 13.9. The van der Waals surface area contributed by atoms with Crippen LogP contribution in [0.15, 0.2) is 59.1 Å². The number of hydrogen-bond donors (Lipinski definition) is 1. The summed E-state index contributed by atoms with van der Waals surface area (Å²) < 4.78 is 14.9. The molecule has 0 saturated heterocycles. The van der Waals surface area contributed by atoms with Gasteiger partial charge in [0.1, 0.15) is 5.82 Å². The molecule has 3 rings (SSSR count). The highest BCUT2D eigenvalue weighted by molar-refractivity contribution is 9.10. The van der Waals surface area contributed by atoms with Crippen LogP contribution in [0.25, 0.3) is 10.8 Å². The van der Waals surface area contributed by atoms with Crippen molar-refractivity contribution in [2.24, 2.45) is 5.73 Å². The number of halogens is 2. The van der Waals surface area contributed by atoms with Crippen molar-refractivity contribution in [1.29, 1.82) is 0 Å². The molecule has 0 amide bonds. The lowest BCUT2D eigenvalue weighted by atomic mass is 9.94. The number of aryl methyl sites for hydroxylation is 1. The van der Waals surface area contributed by atoms with Crippen molar-refractivity contribution in [2.45, 2.75) is 13.0 Å². The molecule has 1 nitrogen and oxygen atoms in total. The Hall–Kier alpha value is -1.71. The highest BCUT2D eigenvalue weighted by Crippen LogP contribution is 2.32. The van der Waals surface area contributed by atoms with Gasteiger partial charge in [-0.25, -0.2) is 4.39 Å². The van der Waals surface area contributed by atoms with E-state index in [9.17, 15) is 4.39 Å². The van der Waals surface area contributed by atoms with Gasteiger partial charge in [-0.1, -0.05) is 58.4 Å². The van der Waals surface area contributed by atoms with Crippen molar-refractivity contribution in [3.63, 3.8) is 0 Å². The minimum absolute atomic E-state index is 0.218. The molecule has 0 saturated carbocycles. The molecule has 3 aromatic rings. The van der Waals surface area contributed by atoms with E-state index in [-0.39, 0.29) is 11.9 Å². The van der Waals surface area contributed by atoms with Crippen LogP contribution in [-0.4, -0.2) is 0 Å². The minimum atomic E-state index is -0.300. The number of hydrogen-bond acceptors (Lipinski definition) is 1. The summed E-state index contributed by atoms with van der Waals surface area (Å²) in [5.74, 6) is -0.218. The van der Waals surface area contributed by atoms with E-state index in [1.165, 1.54) is 11.6 Å². The van der Waals surface area contributed by atoms with Crippen LogP contribution in [0.3, 0.4) is 0 Å². The molecule has 0 heterocycles. The molecule has 0 aliphatic rings. The van der Waals surface area contributed by atoms with E-state index in [0.717, 1.165) is 21.0 Å². The molecule has 0 aromatic heterocycles. The van der Waals surface area contributed by atoms with Gasteiger partial charge < -0.3 is 5.73 Å². The maximum atomic E-state index is 13.9. The van der Waals surface area contributed by atoms with Crippen molar-refractivity contribution >= 4 is 26.7 Å². The van der Waals surface area contributed by atoms with Crippen molar-refractivity contribution in [3.8, 4) is 0 Å². The monoisotopic (exact) mass is 343 g/mol. The molecular weight excluding hydrogens is 329 g/mol. The van der Waals surface area contributed by atoms with Crippen molar-refractivity contribution in [2.75, 3.05) is 0 Å². The molecule has 3 heteroatoms. The third-order valence-electron chi connectivity index (χ3n) is 3.73. The van der Waals surface area contributed by atoms with Crippen LogP contribution in [-0.2, 0) is 0 Å². The summed E-state index contributed by atoms with van der Waals surface area (Å²) in [6.45, 7) is 2.04. The van der Waals surface area contributed by atoms with Crippen LogP contribution in [0.2, 0.25) is 0 Å². The van der Waals surface area contributed by atoms with Gasteiger partial charge in [0.15, 0.2) is 0 Å². The zero-order valence-electron chi connectivity index (χ0n) is 11.6. The first kappa shape index (κ1) is 14.2. The smallest absolute Gasteiger partial charge is 0.131 e. The summed E-state index contributed by atoms with van der Waals surface area (Å²) in [7, 11) is 0. The summed E-state index contributed by atoms with van der Waals surface area (Å²) in [5.41, 5.74) is 9.52. The molecule has 21 heavy (non-hydrogen) atoms. The second kappa shape index (κ2) is 5.58. The average molecular weight is 344 g/mol. The van der Waals surface area contributed by atoms with Crippen molar-refractivity contribution in [1.82, 2.24) is 0 Å². The summed E-state index contributed by atoms with van der Waals surface area (Å²) in [4.78, 5) is 0. The third kappa shape index (κ3) is 2.59. The Kier molecular flexibility index (Phi) is 3.79. The fourth-order valence-electron chi connectivity index (χ4n) is 2.61. The second-order valence-corrected chi connectivity index (χ2v) is 6.04. The lowest BCUT2D eigenvalue weighted by Gasteiger charge is -2.17. The van der Waals surface area contributed by atoms with Gasteiger partial charge in [0.25, 0.3) is 0 Å². The molecule has 0 aliphatic carbocycles. The van der Waals surface area contributed by atoms with Gasteiger partial charge in [-0.05, 0) is 41.1 Å². The van der Waals surface area contributed by atoms with E-state index >= 15 is 0 Å². The number of benzene rings is 3. The normalized spacial score (nSPS) is 12.6. The van der Waals surface area contributed by atoms with E-state index in [0.29, 0.717) is 5.39 Å². The Labute approximate surface area is 131 Å². The van der Waals surface area contributed by atoms with Crippen LogP contribution in [0.5, 0.6) is 0 Å². The lowest BCUT2D eigenvalue weighted by Crippen LogP contribution is -2.13. The van der Waals surface area contributed by atoms with E-state index in [2.05, 4.69) is 15.9 Å². The fraction of sp³-hybridized carbons (Fsp3) is 0.111. The van der Waals surface area contributed by atoms with Gasteiger partial charge in [-0.3, -0.25) is 0 Å². The second-order valence-electron chi connectivity index (χ2n) is 5.18. The van der Waals surface area contributed by atoms with E-state index in [4.69, 9.17) is 5.73 Å². The summed E-state index contributed by atoms with van der Waals surface area (Å²) >= 11 is 3.57. The summed E-state index contributed by atoms with van der Waals surface area (Å²) in [6, 6.07) is 16.5. The average Bonchev–Trinajstić information content (AvgIpc) is 2.47. The molecule has 2 N–H and O–H groups in total. The van der Waals surface area contributed by atoms with Gasteiger partial charge >= 0.3 is 0 Å². The lowest BCUT2D eigenvalue weighted by molar-refractivity contribution is 0.639. The Morgan fingerprint density at radius 3 is 2.33 bits per heavy atom. The quantitative estimate of drug-likeness (QED) is 0.688. The molecule has 3 aromatic carbocycles. The van der Waals surface area contributed by atoms with Crippen molar-refractivity contribution < 1.29 is 4.39 Å². The first-order valence-electron chi connectivity index (χ1n) is 6.76. The van der Waals surface area contributed by atoms with E-state index in [1.54, 1.807) is 12.1 Å². The van der Waals surface area contributed by atoms with Crippen molar-refractivity contribution in [3.05, 3.63) is 81.6 Å². The Morgan fingerprint density at radius 1 is 0.952 bits per heavy atom. The Balaban J connectivity index is 2.18. The fourth-order valence-corrected chi connectivity index (χ4v) is 3.35. The first-order chi connectivity index (χ1) is 10.1. The largest absolute Gasteiger partial charge is 0.320 e. The van der Waals surface area contributed by atoms with E-state index in [1.807, 2.05) is 43.3 Å². The zero-order chi connectivity index (χ0) is 15.0. The number of rotatable bonds is 2. The third-order valence-corrected chi connectivity index (χ3v) is 4.42. The Morgan fingerprint density at radius 2 is 1.62 bits per heavy atom. The maximum Gasteiger partial charge on any atom is 0.131 e. The van der Waals surface area contributed by atoms with Gasteiger partial charge in [0.05, 0.1) is 6.04 Å². The van der Waals surface area contributed by atoms with Crippen LogP contribution in [0.4, 0.5) is 4.39 Å². The minimum Gasteiger partial charge on any atom is -0.320 e. The summed E-state index contributed by atoms with van der Waals surface area (Å²) in [5, 5.41) is 1.46. The molecule has 0 aliphatic heterocycles. The van der Waals surface area contributed by atoms with Crippen LogP contribution < -0.4 is 5.73 Å². The van der Waals surface area contributed by atoms with Crippen LogP contribution in [0, 0.1) is 12.7 Å². The molecule has 0 bridgehead atoms. The van der Waals surface area contributed by atoms with Gasteiger partial charge in [0, 0.05) is 9.86 Å². The molecule has 0 fully saturated rings. The van der Waals surface area contributed by atoms with Gasteiger partial charge in [-0.2, -0.15) is 0 Å². The standard InChI is InChI=1S/C18H15BrFN/c1-11-6-7-15(16(19)10-11)18(21)14-8-9-17(20)13-5-3-2-4-12(13)14/h2-10,18H,21H2,1H3. The SMILES string of the molecule is Cc1ccc(C(N)c2ccc(F)c3ccccc23)c(Br)c1. The van der Waals surface area contributed by atoms with Gasteiger partial charge in [-0.15, -0.1) is 0 Å². The molecule has 0 spiro atoms. The predicted molar refractivity (Wildman–Crippen MR) is 88.8 cm³/mol. The number of fused-ring (bicyclic) bond motifs is 1. The topological polar surface area (TPSA) is 26.0 Å². The van der Waals surface area contributed by atoms with E-state index < -0.39 is 0 Å². The molecule has 106 valence electrons. The molecule has 1 unspecified atom stereocenters. The molecule has 0 radical (unpaired) electrons. The zero-order valence-corrected chi connectivity index (χ0v) is 13.2. The van der Waals surface area contributed by atoms with Crippen LogP contribution in [0.1, 0.15) is 22.7 Å². The number of nitrogens with two attached hydrogens (primary N) is 1. The van der Waals surface area contributed by atoms with Crippen LogP contribution >= 0.6 is 15.9 Å².